The Hall–Kier alpha value is -3.27. The highest BCUT2D eigenvalue weighted by atomic mass is 19.1. The number of aromatic nitrogens is 2. The van der Waals surface area contributed by atoms with Crippen LogP contribution in [0.5, 0.6) is 0 Å². The molecule has 0 aliphatic heterocycles. The molecule has 1 N–H and O–H groups in total. The minimum absolute atomic E-state index is 0.512. The lowest BCUT2D eigenvalue weighted by Gasteiger charge is -2.10. The van der Waals surface area contributed by atoms with Crippen LogP contribution >= 0.6 is 0 Å². The van der Waals surface area contributed by atoms with Crippen LogP contribution in [0.2, 0.25) is 0 Å². The van der Waals surface area contributed by atoms with Crippen LogP contribution in [-0.4, -0.2) is 9.97 Å². The molecule has 2 aromatic heterocycles. The summed E-state index contributed by atoms with van der Waals surface area (Å²) in [6, 6.07) is 21.9. The van der Waals surface area contributed by atoms with E-state index >= 15 is 0 Å². The Morgan fingerprint density at radius 3 is 2.40 bits per heavy atom. The molecule has 0 aliphatic carbocycles. The van der Waals surface area contributed by atoms with Crippen molar-refractivity contribution in [3.63, 3.8) is 0 Å². The van der Waals surface area contributed by atoms with Crippen molar-refractivity contribution >= 4 is 22.3 Å². The molecule has 3 nitrogen and oxygen atoms in total. The van der Waals surface area contributed by atoms with Crippen LogP contribution in [-0.2, 0) is 6.42 Å². The number of hydrogen-bond acceptors (Lipinski definition) is 3. The third-order valence-corrected chi connectivity index (χ3v) is 4.08. The molecule has 2 aromatic carbocycles. The Morgan fingerprint density at radius 2 is 1.60 bits per heavy atom. The van der Waals surface area contributed by atoms with Crippen molar-refractivity contribution in [3.8, 4) is 0 Å². The normalized spacial score (nSPS) is 10.8. The van der Waals surface area contributed by atoms with Crippen LogP contribution in [0.3, 0.4) is 0 Å². The van der Waals surface area contributed by atoms with Gasteiger partial charge in [-0.15, -0.1) is 0 Å². The van der Waals surface area contributed by atoms with E-state index < -0.39 is 5.95 Å². The van der Waals surface area contributed by atoms with E-state index in [4.69, 9.17) is 0 Å². The average molecular weight is 329 g/mol. The van der Waals surface area contributed by atoms with Crippen LogP contribution in [0.25, 0.3) is 10.9 Å². The van der Waals surface area contributed by atoms with Gasteiger partial charge < -0.3 is 5.32 Å². The summed E-state index contributed by atoms with van der Waals surface area (Å²) in [4.78, 5) is 7.87. The number of anilines is 2. The van der Waals surface area contributed by atoms with E-state index in [1.807, 2.05) is 36.4 Å². The van der Waals surface area contributed by atoms with Gasteiger partial charge in [0, 0.05) is 29.0 Å². The number of halogens is 1. The molecule has 0 saturated heterocycles. The molecule has 2 heterocycles. The topological polar surface area (TPSA) is 37.8 Å². The number of fused-ring (bicyclic) bond motifs is 1. The Morgan fingerprint density at radius 1 is 0.840 bits per heavy atom. The van der Waals surface area contributed by atoms with Crippen molar-refractivity contribution in [1.82, 2.24) is 9.97 Å². The fraction of sp³-hybridized carbons (Fsp3) is 0.0476. The number of nitrogens with one attached hydrogen (secondary N) is 1. The van der Waals surface area contributed by atoms with Crippen LogP contribution in [0, 0.1) is 5.95 Å². The highest BCUT2D eigenvalue weighted by molar-refractivity contribution is 5.92. The van der Waals surface area contributed by atoms with Gasteiger partial charge in [-0.25, -0.2) is 4.98 Å². The maximum atomic E-state index is 13.4. The molecule has 0 unspecified atom stereocenters. The molecular weight excluding hydrogens is 313 g/mol. The highest BCUT2D eigenvalue weighted by Crippen LogP contribution is 2.25. The van der Waals surface area contributed by atoms with E-state index in [1.165, 1.54) is 23.4 Å². The molecule has 0 saturated carbocycles. The van der Waals surface area contributed by atoms with E-state index in [2.05, 4.69) is 39.6 Å². The molecule has 0 radical (unpaired) electrons. The van der Waals surface area contributed by atoms with Crippen LogP contribution in [0.1, 0.15) is 11.1 Å². The predicted octanol–water partition coefficient (Wildman–Crippen LogP) is 5.10. The lowest BCUT2D eigenvalue weighted by atomic mass is 10.0. The van der Waals surface area contributed by atoms with E-state index in [9.17, 15) is 4.39 Å². The van der Waals surface area contributed by atoms with Gasteiger partial charge in [0.05, 0.1) is 11.7 Å². The zero-order chi connectivity index (χ0) is 17.1. The van der Waals surface area contributed by atoms with Gasteiger partial charge in [0.15, 0.2) is 0 Å². The second kappa shape index (κ2) is 6.69. The molecule has 4 rings (SSSR count). The molecule has 0 spiro atoms. The number of rotatable bonds is 4. The summed E-state index contributed by atoms with van der Waals surface area (Å²) in [7, 11) is 0. The van der Waals surface area contributed by atoms with Gasteiger partial charge in [-0.2, -0.15) is 4.39 Å². The van der Waals surface area contributed by atoms with Gasteiger partial charge in [-0.1, -0.05) is 42.5 Å². The molecule has 25 heavy (non-hydrogen) atoms. The van der Waals surface area contributed by atoms with Gasteiger partial charge in [-0.05, 0) is 35.7 Å². The van der Waals surface area contributed by atoms with E-state index in [0.29, 0.717) is 10.9 Å². The third kappa shape index (κ3) is 3.48. The quantitative estimate of drug-likeness (QED) is 0.529. The van der Waals surface area contributed by atoms with Gasteiger partial charge in [-0.3, -0.25) is 4.98 Å². The largest absolute Gasteiger partial charge is 0.355 e. The first-order chi connectivity index (χ1) is 12.3. The van der Waals surface area contributed by atoms with Gasteiger partial charge in [0.2, 0.25) is 5.95 Å². The van der Waals surface area contributed by atoms with E-state index in [0.717, 1.165) is 17.8 Å². The first-order valence-electron chi connectivity index (χ1n) is 8.08. The molecule has 4 aromatic rings. The number of nitrogens with zero attached hydrogens (tertiary/aromatic N) is 2. The monoisotopic (exact) mass is 329 g/mol. The van der Waals surface area contributed by atoms with Crippen LogP contribution in [0.4, 0.5) is 15.8 Å². The minimum atomic E-state index is -0.512. The van der Waals surface area contributed by atoms with Gasteiger partial charge in [0.1, 0.15) is 0 Å². The lowest BCUT2D eigenvalue weighted by Crippen LogP contribution is -1.95. The molecule has 0 amide bonds. The van der Waals surface area contributed by atoms with E-state index in [-0.39, 0.29) is 0 Å². The first kappa shape index (κ1) is 15.3. The smallest absolute Gasteiger partial charge is 0.213 e. The second-order valence-corrected chi connectivity index (χ2v) is 5.87. The Balaban J connectivity index is 1.56. The zero-order valence-electron chi connectivity index (χ0n) is 13.5. The Labute approximate surface area is 145 Å². The second-order valence-electron chi connectivity index (χ2n) is 5.87. The van der Waals surface area contributed by atoms with Gasteiger partial charge >= 0.3 is 0 Å². The van der Waals surface area contributed by atoms with E-state index in [1.54, 1.807) is 6.20 Å². The molecule has 122 valence electrons. The van der Waals surface area contributed by atoms with Crippen molar-refractivity contribution in [2.75, 3.05) is 5.32 Å². The minimum Gasteiger partial charge on any atom is -0.355 e. The summed E-state index contributed by atoms with van der Waals surface area (Å²) in [5.41, 5.74) is 4.94. The summed E-state index contributed by atoms with van der Waals surface area (Å²) in [5, 5.41) is 4.04. The SMILES string of the molecule is Fc1cc2c(Nc3ccc(Cc4ccccc4)cc3)ccnc2cn1. The Kier molecular flexibility index (Phi) is 4.09. The first-order valence-corrected chi connectivity index (χ1v) is 8.08. The fourth-order valence-corrected chi connectivity index (χ4v) is 2.83. The summed E-state index contributed by atoms with van der Waals surface area (Å²) < 4.78 is 13.4. The third-order valence-electron chi connectivity index (χ3n) is 4.08. The molecule has 0 atom stereocenters. The maximum Gasteiger partial charge on any atom is 0.213 e. The number of benzene rings is 2. The summed E-state index contributed by atoms with van der Waals surface area (Å²) in [6.45, 7) is 0. The maximum absolute atomic E-state index is 13.4. The molecule has 0 aliphatic rings. The molecule has 4 heteroatoms. The van der Waals surface area contributed by atoms with Crippen molar-refractivity contribution in [1.29, 1.82) is 0 Å². The van der Waals surface area contributed by atoms with Crippen molar-refractivity contribution in [3.05, 3.63) is 96.2 Å². The average Bonchev–Trinajstić information content (AvgIpc) is 2.65. The zero-order valence-corrected chi connectivity index (χ0v) is 13.5. The molecular formula is C21H16FN3. The molecule has 0 bridgehead atoms. The summed E-state index contributed by atoms with van der Waals surface area (Å²) in [6.07, 6.45) is 4.03. The van der Waals surface area contributed by atoms with Crippen LogP contribution in [0.15, 0.2) is 79.1 Å². The van der Waals surface area contributed by atoms with Crippen LogP contribution < -0.4 is 5.32 Å². The van der Waals surface area contributed by atoms with Crippen molar-refractivity contribution < 1.29 is 4.39 Å². The fourth-order valence-electron chi connectivity index (χ4n) is 2.83. The Bertz CT molecular complexity index is 998. The van der Waals surface area contributed by atoms with Gasteiger partial charge in [0.25, 0.3) is 0 Å². The standard InChI is InChI=1S/C21H16FN3/c22-21-13-18-19(10-11-23-20(18)14-24-21)25-17-8-6-16(7-9-17)12-15-4-2-1-3-5-15/h1-11,13-14H,12H2,(H,23,25). The molecule has 0 fully saturated rings. The highest BCUT2D eigenvalue weighted by Gasteiger charge is 2.05. The van der Waals surface area contributed by atoms with Crippen molar-refractivity contribution in [2.45, 2.75) is 6.42 Å². The number of hydrogen-bond donors (Lipinski definition) is 1. The lowest BCUT2D eigenvalue weighted by molar-refractivity contribution is 0.586. The summed E-state index contributed by atoms with van der Waals surface area (Å²) in [5.74, 6) is -0.512. The number of pyridine rings is 2. The van der Waals surface area contributed by atoms with Crippen molar-refractivity contribution in [2.24, 2.45) is 0 Å². The summed E-state index contributed by atoms with van der Waals surface area (Å²) >= 11 is 0. The predicted molar refractivity (Wildman–Crippen MR) is 98.5 cm³/mol.